The lowest BCUT2D eigenvalue weighted by Gasteiger charge is -2.33. The highest BCUT2D eigenvalue weighted by atomic mass is 16.4. The molecule has 1 aliphatic rings. The van der Waals surface area contributed by atoms with Crippen molar-refractivity contribution in [1.29, 1.82) is 0 Å². The molecule has 0 radical (unpaired) electrons. The molecule has 1 amide bonds. The van der Waals surface area contributed by atoms with E-state index >= 15 is 0 Å². The van der Waals surface area contributed by atoms with Gasteiger partial charge in [-0.3, -0.25) is 9.59 Å². The zero-order valence-corrected chi connectivity index (χ0v) is 12.9. The van der Waals surface area contributed by atoms with Gasteiger partial charge in [0.25, 0.3) is 0 Å². The summed E-state index contributed by atoms with van der Waals surface area (Å²) in [6.07, 6.45) is 2.84. The van der Waals surface area contributed by atoms with Crippen LogP contribution in [0.3, 0.4) is 0 Å². The molecule has 0 bridgehead atoms. The summed E-state index contributed by atoms with van der Waals surface area (Å²) in [7, 11) is 0. The molecule has 1 fully saturated rings. The SMILES string of the molecule is CC(C)CC(CNC(=O)C1(C)CCCNC1)CC(=O)O. The zero-order valence-electron chi connectivity index (χ0n) is 12.9. The smallest absolute Gasteiger partial charge is 0.303 e. The number of aliphatic carboxylic acids is 1. The maximum atomic E-state index is 12.3. The first-order chi connectivity index (χ1) is 9.33. The summed E-state index contributed by atoms with van der Waals surface area (Å²) < 4.78 is 0. The highest BCUT2D eigenvalue weighted by Crippen LogP contribution is 2.25. The Balaban J connectivity index is 2.48. The first-order valence-corrected chi connectivity index (χ1v) is 7.54. The molecule has 0 aromatic heterocycles. The van der Waals surface area contributed by atoms with Gasteiger partial charge in [-0.15, -0.1) is 0 Å². The number of carboxylic acids is 1. The third-order valence-corrected chi connectivity index (χ3v) is 3.96. The van der Waals surface area contributed by atoms with Crippen molar-refractivity contribution in [2.24, 2.45) is 17.3 Å². The fourth-order valence-electron chi connectivity index (χ4n) is 2.85. The Labute approximate surface area is 121 Å². The van der Waals surface area contributed by atoms with E-state index in [1.54, 1.807) is 0 Å². The maximum Gasteiger partial charge on any atom is 0.303 e. The van der Waals surface area contributed by atoms with Crippen LogP contribution in [0.25, 0.3) is 0 Å². The van der Waals surface area contributed by atoms with Gasteiger partial charge in [0.2, 0.25) is 5.91 Å². The first-order valence-electron chi connectivity index (χ1n) is 7.54. The minimum atomic E-state index is -0.796. The molecule has 0 aliphatic carbocycles. The fraction of sp³-hybridized carbons (Fsp3) is 0.867. The second-order valence-corrected chi connectivity index (χ2v) is 6.64. The molecular weight excluding hydrogens is 256 g/mol. The minimum absolute atomic E-state index is 0.0107. The van der Waals surface area contributed by atoms with Crippen molar-refractivity contribution in [2.75, 3.05) is 19.6 Å². The zero-order chi connectivity index (χ0) is 15.2. The number of carboxylic acid groups (broad SMARTS) is 1. The van der Waals surface area contributed by atoms with E-state index < -0.39 is 5.97 Å². The molecule has 20 heavy (non-hydrogen) atoms. The molecule has 1 heterocycles. The predicted octanol–water partition coefficient (Wildman–Crippen LogP) is 1.63. The molecule has 0 aromatic rings. The maximum absolute atomic E-state index is 12.3. The van der Waals surface area contributed by atoms with Crippen molar-refractivity contribution in [1.82, 2.24) is 10.6 Å². The minimum Gasteiger partial charge on any atom is -0.481 e. The molecule has 2 atom stereocenters. The molecule has 5 heteroatoms. The average molecular weight is 284 g/mol. The van der Waals surface area contributed by atoms with Gasteiger partial charge in [0.05, 0.1) is 5.41 Å². The monoisotopic (exact) mass is 284 g/mol. The van der Waals surface area contributed by atoms with E-state index in [-0.39, 0.29) is 23.7 Å². The van der Waals surface area contributed by atoms with Crippen LogP contribution >= 0.6 is 0 Å². The fourth-order valence-corrected chi connectivity index (χ4v) is 2.85. The van der Waals surface area contributed by atoms with Gasteiger partial charge in [0.1, 0.15) is 0 Å². The number of rotatable bonds is 7. The summed E-state index contributed by atoms with van der Waals surface area (Å²) in [5.41, 5.74) is -0.357. The van der Waals surface area contributed by atoms with Crippen molar-refractivity contribution in [3.05, 3.63) is 0 Å². The van der Waals surface area contributed by atoms with Gasteiger partial charge in [-0.2, -0.15) is 0 Å². The summed E-state index contributed by atoms with van der Waals surface area (Å²) in [4.78, 5) is 23.2. The third-order valence-electron chi connectivity index (χ3n) is 3.96. The molecule has 0 aromatic carbocycles. The lowest BCUT2D eigenvalue weighted by atomic mass is 9.81. The van der Waals surface area contributed by atoms with E-state index in [1.807, 2.05) is 6.92 Å². The van der Waals surface area contributed by atoms with Crippen LogP contribution in [0.15, 0.2) is 0 Å². The Hall–Kier alpha value is -1.10. The van der Waals surface area contributed by atoms with Crippen LogP contribution in [-0.2, 0) is 9.59 Å². The number of nitrogens with one attached hydrogen (secondary N) is 2. The van der Waals surface area contributed by atoms with Crippen LogP contribution in [0.1, 0.15) is 46.5 Å². The summed E-state index contributed by atoms with van der Waals surface area (Å²) >= 11 is 0. The van der Waals surface area contributed by atoms with Gasteiger partial charge >= 0.3 is 5.97 Å². The van der Waals surface area contributed by atoms with E-state index in [4.69, 9.17) is 5.11 Å². The average Bonchev–Trinajstić information content (AvgIpc) is 2.35. The number of carbonyl (C=O) groups excluding carboxylic acids is 1. The van der Waals surface area contributed by atoms with Crippen molar-refractivity contribution >= 4 is 11.9 Å². The Bertz CT molecular complexity index is 336. The standard InChI is InChI=1S/C15H28N2O3/c1-11(2)7-12(8-13(18)19)9-17-14(20)15(3)5-4-6-16-10-15/h11-12,16H,4-10H2,1-3H3,(H,17,20)(H,18,19). The van der Waals surface area contributed by atoms with Gasteiger partial charge in [0.15, 0.2) is 0 Å². The van der Waals surface area contributed by atoms with Crippen LogP contribution < -0.4 is 10.6 Å². The van der Waals surface area contributed by atoms with Crippen LogP contribution in [0.4, 0.5) is 0 Å². The second kappa shape index (κ2) is 7.62. The normalized spacial score (nSPS) is 24.4. The quantitative estimate of drug-likeness (QED) is 0.664. The lowest BCUT2D eigenvalue weighted by Crippen LogP contribution is -2.49. The van der Waals surface area contributed by atoms with Gasteiger partial charge in [-0.25, -0.2) is 0 Å². The van der Waals surface area contributed by atoms with Crippen molar-refractivity contribution in [3.8, 4) is 0 Å². The molecule has 3 N–H and O–H groups in total. The van der Waals surface area contributed by atoms with Crippen molar-refractivity contribution in [3.63, 3.8) is 0 Å². The van der Waals surface area contributed by atoms with Gasteiger partial charge in [-0.05, 0) is 44.6 Å². The largest absolute Gasteiger partial charge is 0.481 e. The summed E-state index contributed by atoms with van der Waals surface area (Å²) in [6, 6.07) is 0. The number of amides is 1. The van der Waals surface area contributed by atoms with E-state index in [1.165, 1.54) is 0 Å². The van der Waals surface area contributed by atoms with Gasteiger partial charge in [0, 0.05) is 19.5 Å². The van der Waals surface area contributed by atoms with E-state index in [0.29, 0.717) is 19.0 Å². The van der Waals surface area contributed by atoms with E-state index in [0.717, 1.165) is 25.8 Å². The topological polar surface area (TPSA) is 78.4 Å². The Morgan fingerprint density at radius 2 is 2.10 bits per heavy atom. The Morgan fingerprint density at radius 1 is 1.40 bits per heavy atom. The summed E-state index contributed by atoms with van der Waals surface area (Å²) in [5.74, 6) is -0.306. The van der Waals surface area contributed by atoms with Crippen molar-refractivity contribution < 1.29 is 14.7 Å². The highest BCUT2D eigenvalue weighted by molar-refractivity contribution is 5.82. The Kier molecular flexibility index (Phi) is 6.46. The number of piperidine rings is 1. The second-order valence-electron chi connectivity index (χ2n) is 6.64. The Morgan fingerprint density at radius 3 is 2.60 bits per heavy atom. The highest BCUT2D eigenvalue weighted by Gasteiger charge is 2.34. The molecule has 1 saturated heterocycles. The van der Waals surface area contributed by atoms with Crippen LogP contribution in [0.5, 0.6) is 0 Å². The third kappa shape index (κ3) is 5.49. The van der Waals surface area contributed by atoms with Gasteiger partial charge < -0.3 is 15.7 Å². The molecule has 0 spiro atoms. The molecule has 1 rings (SSSR count). The molecule has 116 valence electrons. The summed E-state index contributed by atoms with van der Waals surface area (Å²) in [5, 5.41) is 15.2. The van der Waals surface area contributed by atoms with E-state index in [2.05, 4.69) is 24.5 Å². The molecule has 0 saturated carbocycles. The van der Waals surface area contributed by atoms with E-state index in [9.17, 15) is 9.59 Å². The summed E-state index contributed by atoms with van der Waals surface area (Å²) in [6.45, 7) is 8.25. The number of hydrogen-bond donors (Lipinski definition) is 3. The number of carbonyl (C=O) groups is 2. The molecule has 2 unspecified atom stereocenters. The van der Waals surface area contributed by atoms with Crippen LogP contribution in [0, 0.1) is 17.3 Å². The first kappa shape index (κ1) is 17.0. The molecule has 1 aliphatic heterocycles. The van der Waals surface area contributed by atoms with Gasteiger partial charge in [-0.1, -0.05) is 13.8 Å². The van der Waals surface area contributed by atoms with Crippen LogP contribution in [0.2, 0.25) is 0 Å². The van der Waals surface area contributed by atoms with Crippen LogP contribution in [-0.4, -0.2) is 36.6 Å². The number of hydrogen-bond acceptors (Lipinski definition) is 3. The predicted molar refractivity (Wildman–Crippen MR) is 78.4 cm³/mol. The lowest BCUT2D eigenvalue weighted by molar-refractivity contribution is -0.139. The molecular formula is C15H28N2O3. The molecule has 5 nitrogen and oxygen atoms in total. The van der Waals surface area contributed by atoms with Crippen molar-refractivity contribution in [2.45, 2.75) is 46.5 Å².